The Balaban J connectivity index is 1.51. The maximum atomic E-state index is 13.3. The average molecular weight is 471 g/mol. The standard InChI is InChI=1S/C23H19F2N3O6/c1-2-26-23(31)17-10-34-21(27-17)9-28-18-7-13(3-6-20(18)33-12-22(28)30)19(29)11-32-14-4-5-15(24)16(25)8-14/h3-8,10H,2,9,11-12H2,1H3,(H,26,31). The van der Waals surface area contributed by atoms with Crippen LogP contribution in [-0.4, -0.2) is 42.3 Å². The van der Waals surface area contributed by atoms with Gasteiger partial charge in [0.1, 0.15) is 24.3 Å². The van der Waals surface area contributed by atoms with Gasteiger partial charge in [0.15, 0.2) is 36.3 Å². The van der Waals surface area contributed by atoms with E-state index in [1.54, 1.807) is 6.92 Å². The van der Waals surface area contributed by atoms with E-state index in [2.05, 4.69) is 10.3 Å². The molecule has 1 aromatic heterocycles. The molecule has 2 amide bonds. The van der Waals surface area contributed by atoms with Crippen LogP contribution in [0.1, 0.15) is 33.7 Å². The first-order valence-electron chi connectivity index (χ1n) is 10.3. The molecule has 2 heterocycles. The van der Waals surface area contributed by atoms with Crippen LogP contribution in [0.3, 0.4) is 0 Å². The molecule has 176 valence electrons. The van der Waals surface area contributed by atoms with Gasteiger partial charge in [-0.1, -0.05) is 0 Å². The number of hydrogen-bond donors (Lipinski definition) is 1. The van der Waals surface area contributed by atoms with Crippen LogP contribution in [0.15, 0.2) is 47.1 Å². The Morgan fingerprint density at radius 3 is 2.76 bits per heavy atom. The Hall–Kier alpha value is -4.28. The molecule has 1 N–H and O–H groups in total. The lowest BCUT2D eigenvalue weighted by Gasteiger charge is -2.28. The van der Waals surface area contributed by atoms with E-state index in [4.69, 9.17) is 13.9 Å². The van der Waals surface area contributed by atoms with E-state index in [1.807, 2.05) is 0 Å². The van der Waals surface area contributed by atoms with Gasteiger partial charge in [-0.15, -0.1) is 0 Å². The normalized spacial score (nSPS) is 12.7. The van der Waals surface area contributed by atoms with Gasteiger partial charge in [0.2, 0.25) is 5.89 Å². The largest absolute Gasteiger partial charge is 0.485 e. The van der Waals surface area contributed by atoms with Crippen molar-refractivity contribution < 1.29 is 37.1 Å². The van der Waals surface area contributed by atoms with Gasteiger partial charge >= 0.3 is 0 Å². The van der Waals surface area contributed by atoms with Gasteiger partial charge in [-0.2, -0.15) is 0 Å². The van der Waals surface area contributed by atoms with E-state index in [1.165, 1.54) is 35.4 Å². The van der Waals surface area contributed by atoms with E-state index in [0.29, 0.717) is 18.0 Å². The maximum Gasteiger partial charge on any atom is 0.273 e. The van der Waals surface area contributed by atoms with Crippen molar-refractivity contribution in [2.75, 3.05) is 24.7 Å². The van der Waals surface area contributed by atoms with Crippen molar-refractivity contribution in [3.05, 3.63) is 71.4 Å². The van der Waals surface area contributed by atoms with Gasteiger partial charge in [-0.25, -0.2) is 13.8 Å². The highest BCUT2D eigenvalue weighted by Gasteiger charge is 2.28. The third-order valence-corrected chi connectivity index (χ3v) is 4.90. The summed E-state index contributed by atoms with van der Waals surface area (Å²) in [5, 5.41) is 2.60. The number of oxazole rings is 1. The van der Waals surface area contributed by atoms with Gasteiger partial charge in [-0.3, -0.25) is 19.3 Å². The molecule has 0 atom stereocenters. The number of ketones is 1. The molecule has 0 fully saturated rings. The number of fused-ring (bicyclic) bond motifs is 1. The topological polar surface area (TPSA) is 111 Å². The number of nitrogens with zero attached hydrogens (tertiary/aromatic N) is 2. The Morgan fingerprint density at radius 1 is 1.18 bits per heavy atom. The van der Waals surface area contributed by atoms with Crippen LogP contribution in [0.25, 0.3) is 0 Å². The SMILES string of the molecule is CCNC(=O)c1coc(CN2C(=O)COc3ccc(C(=O)COc4ccc(F)c(F)c4)cc32)n1. The van der Waals surface area contributed by atoms with Gasteiger partial charge in [0.05, 0.1) is 5.69 Å². The number of halogens is 2. The molecule has 0 unspecified atom stereocenters. The zero-order valence-electron chi connectivity index (χ0n) is 18.0. The summed E-state index contributed by atoms with van der Waals surface area (Å²) in [6.45, 7) is 1.45. The van der Waals surface area contributed by atoms with Gasteiger partial charge < -0.3 is 19.2 Å². The zero-order valence-corrected chi connectivity index (χ0v) is 18.0. The van der Waals surface area contributed by atoms with Gasteiger partial charge in [0.25, 0.3) is 11.8 Å². The fourth-order valence-electron chi connectivity index (χ4n) is 3.22. The average Bonchev–Trinajstić information content (AvgIpc) is 3.30. The quantitative estimate of drug-likeness (QED) is 0.503. The number of carbonyl (C=O) groups is 3. The molecule has 1 aliphatic heterocycles. The van der Waals surface area contributed by atoms with Gasteiger partial charge in [-0.05, 0) is 37.3 Å². The highest BCUT2D eigenvalue weighted by atomic mass is 19.2. The maximum absolute atomic E-state index is 13.3. The second-order valence-electron chi connectivity index (χ2n) is 7.22. The summed E-state index contributed by atoms with van der Waals surface area (Å²) in [5.41, 5.74) is 0.601. The number of hydrogen-bond acceptors (Lipinski definition) is 7. The Labute approximate surface area is 192 Å². The van der Waals surface area contributed by atoms with Gasteiger partial charge in [0, 0.05) is 18.2 Å². The molecule has 2 aromatic carbocycles. The highest BCUT2D eigenvalue weighted by molar-refractivity contribution is 6.02. The number of aromatic nitrogens is 1. The van der Waals surface area contributed by atoms with Crippen LogP contribution in [0.2, 0.25) is 0 Å². The minimum absolute atomic E-state index is 0.00263. The first-order valence-corrected chi connectivity index (χ1v) is 10.3. The first kappa shape index (κ1) is 22.9. The van der Waals surface area contributed by atoms with Crippen molar-refractivity contribution in [3.8, 4) is 11.5 Å². The van der Waals surface area contributed by atoms with Crippen LogP contribution < -0.4 is 19.7 Å². The predicted octanol–water partition coefficient (Wildman–Crippen LogP) is 2.89. The third kappa shape index (κ3) is 4.87. The minimum Gasteiger partial charge on any atom is -0.485 e. The van der Waals surface area contributed by atoms with Crippen LogP contribution in [0.4, 0.5) is 14.5 Å². The fourth-order valence-corrected chi connectivity index (χ4v) is 3.22. The molecule has 0 radical (unpaired) electrons. The monoisotopic (exact) mass is 471 g/mol. The molecule has 1 aliphatic rings. The predicted molar refractivity (Wildman–Crippen MR) is 114 cm³/mol. The zero-order chi connectivity index (χ0) is 24.2. The molecule has 0 aliphatic carbocycles. The second-order valence-corrected chi connectivity index (χ2v) is 7.22. The van der Waals surface area contributed by atoms with E-state index >= 15 is 0 Å². The van der Waals surface area contributed by atoms with Crippen LogP contribution in [0.5, 0.6) is 11.5 Å². The Kier molecular flexibility index (Phi) is 6.53. The van der Waals surface area contributed by atoms with E-state index < -0.39 is 35.8 Å². The number of carbonyl (C=O) groups excluding carboxylic acids is 3. The molecular weight excluding hydrogens is 452 g/mol. The molecule has 0 saturated heterocycles. The molecule has 34 heavy (non-hydrogen) atoms. The van der Waals surface area contributed by atoms with Crippen molar-refractivity contribution in [2.24, 2.45) is 0 Å². The van der Waals surface area contributed by atoms with Crippen molar-refractivity contribution in [1.82, 2.24) is 10.3 Å². The number of benzene rings is 2. The van der Waals surface area contributed by atoms with Crippen LogP contribution in [-0.2, 0) is 11.3 Å². The summed E-state index contributed by atoms with van der Waals surface area (Å²) < 4.78 is 42.4. The summed E-state index contributed by atoms with van der Waals surface area (Å²) >= 11 is 0. The van der Waals surface area contributed by atoms with Crippen molar-refractivity contribution in [2.45, 2.75) is 13.5 Å². The summed E-state index contributed by atoms with van der Waals surface area (Å²) in [6.07, 6.45) is 1.20. The van der Waals surface area contributed by atoms with Crippen molar-refractivity contribution >= 4 is 23.3 Å². The highest BCUT2D eigenvalue weighted by Crippen LogP contribution is 2.34. The lowest BCUT2D eigenvalue weighted by Crippen LogP contribution is -2.38. The number of rotatable bonds is 8. The molecular formula is C23H19F2N3O6. The number of Topliss-reactive ketones (excluding diaryl/α,β-unsaturated/α-hetero) is 1. The summed E-state index contributed by atoms with van der Waals surface area (Å²) in [6, 6.07) is 7.44. The Morgan fingerprint density at radius 2 is 2.00 bits per heavy atom. The number of anilines is 1. The van der Waals surface area contributed by atoms with E-state index in [-0.39, 0.29) is 36.0 Å². The lowest BCUT2D eigenvalue weighted by molar-refractivity contribution is -0.121. The Bertz CT molecular complexity index is 1260. The molecule has 0 saturated carbocycles. The van der Waals surface area contributed by atoms with Crippen molar-refractivity contribution in [3.63, 3.8) is 0 Å². The number of nitrogens with one attached hydrogen (secondary N) is 1. The fraction of sp³-hybridized carbons (Fsp3) is 0.217. The molecule has 9 nitrogen and oxygen atoms in total. The van der Waals surface area contributed by atoms with Crippen molar-refractivity contribution in [1.29, 1.82) is 0 Å². The minimum atomic E-state index is -1.09. The summed E-state index contributed by atoms with van der Waals surface area (Å²) in [4.78, 5) is 42.5. The van der Waals surface area contributed by atoms with Crippen LogP contribution >= 0.6 is 0 Å². The second kappa shape index (κ2) is 9.69. The molecule has 4 rings (SSSR count). The van der Waals surface area contributed by atoms with E-state index in [9.17, 15) is 23.2 Å². The smallest absolute Gasteiger partial charge is 0.273 e. The molecule has 11 heteroatoms. The first-order chi connectivity index (χ1) is 16.4. The van der Waals surface area contributed by atoms with Crippen LogP contribution in [0, 0.1) is 11.6 Å². The summed E-state index contributed by atoms with van der Waals surface area (Å²) in [5.74, 6) is -2.88. The summed E-state index contributed by atoms with van der Waals surface area (Å²) in [7, 11) is 0. The van der Waals surface area contributed by atoms with E-state index in [0.717, 1.165) is 12.1 Å². The number of ether oxygens (including phenoxy) is 2. The molecule has 0 bridgehead atoms. The third-order valence-electron chi connectivity index (χ3n) is 4.90. The lowest BCUT2D eigenvalue weighted by atomic mass is 10.1. The molecule has 0 spiro atoms. The molecule has 3 aromatic rings. The number of amides is 2.